The van der Waals surface area contributed by atoms with Crippen molar-refractivity contribution >= 4 is 29.5 Å². The van der Waals surface area contributed by atoms with E-state index in [2.05, 4.69) is 44.0 Å². The summed E-state index contributed by atoms with van der Waals surface area (Å²) in [5.41, 5.74) is 1.70. The quantitative estimate of drug-likeness (QED) is 0.400. The van der Waals surface area contributed by atoms with Crippen LogP contribution in [-0.2, 0) is 16.1 Å². The molecule has 0 saturated carbocycles. The lowest BCUT2D eigenvalue weighted by atomic mass is 10.0. The van der Waals surface area contributed by atoms with Crippen LogP contribution in [-0.4, -0.2) is 57.9 Å². The number of carbonyl (C=O) groups is 3. The molecule has 1 saturated heterocycles. The van der Waals surface area contributed by atoms with Gasteiger partial charge in [-0.3, -0.25) is 24.6 Å². The Balaban J connectivity index is 1.63. The molecule has 0 aliphatic carbocycles. The molecule has 1 fully saturated rings. The Bertz CT molecular complexity index is 786. The minimum Gasteiger partial charge on any atom is -0.322 e. The molecule has 1 aromatic rings. The van der Waals surface area contributed by atoms with E-state index in [0.29, 0.717) is 30.6 Å². The highest BCUT2D eigenvalue weighted by atomic mass is 32.2. The Morgan fingerprint density at radius 2 is 1.90 bits per heavy atom. The smallest absolute Gasteiger partial charge is 0.255 e. The molecule has 7 heteroatoms. The van der Waals surface area contributed by atoms with E-state index in [1.165, 1.54) is 0 Å². The number of hydrogen-bond acceptors (Lipinski definition) is 5. The van der Waals surface area contributed by atoms with Crippen LogP contribution in [0.5, 0.6) is 0 Å². The molecule has 2 heterocycles. The SMILES string of the molecule is CC(C)N(CCCSc1cccc2c1CN(C1CCC(=O)NC1=O)C2=O)C(C)C. The number of nitrogens with zero attached hydrogens (tertiary/aromatic N) is 2. The topological polar surface area (TPSA) is 69.7 Å². The zero-order chi connectivity index (χ0) is 21.1. The first kappa shape index (κ1) is 21.8. The van der Waals surface area contributed by atoms with Crippen molar-refractivity contribution in [2.75, 3.05) is 12.3 Å². The van der Waals surface area contributed by atoms with Gasteiger partial charge in [-0.25, -0.2) is 0 Å². The van der Waals surface area contributed by atoms with Crippen molar-refractivity contribution < 1.29 is 14.4 Å². The maximum absolute atomic E-state index is 12.9. The fourth-order valence-electron chi connectivity index (χ4n) is 4.23. The highest BCUT2D eigenvalue weighted by Gasteiger charge is 2.39. The summed E-state index contributed by atoms with van der Waals surface area (Å²) in [4.78, 5) is 41.8. The van der Waals surface area contributed by atoms with Crippen LogP contribution in [0.2, 0.25) is 0 Å². The van der Waals surface area contributed by atoms with Gasteiger partial charge in [-0.2, -0.15) is 0 Å². The fourth-order valence-corrected chi connectivity index (χ4v) is 5.25. The summed E-state index contributed by atoms with van der Waals surface area (Å²) in [6.45, 7) is 10.4. The summed E-state index contributed by atoms with van der Waals surface area (Å²) in [7, 11) is 0. The summed E-state index contributed by atoms with van der Waals surface area (Å²) >= 11 is 1.78. The molecule has 2 aliphatic heterocycles. The van der Waals surface area contributed by atoms with E-state index in [0.717, 1.165) is 29.2 Å². The van der Waals surface area contributed by atoms with E-state index in [9.17, 15) is 14.4 Å². The third-order valence-electron chi connectivity index (χ3n) is 5.68. The summed E-state index contributed by atoms with van der Waals surface area (Å²) in [6, 6.07) is 6.32. The van der Waals surface area contributed by atoms with E-state index < -0.39 is 6.04 Å². The van der Waals surface area contributed by atoms with Crippen molar-refractivity contribution in [1.29, 1.82) is 0 Å². The molecule has 1 aromatic carbocycles. The summed E-state index contributed by atoms with van der Waals surface area (Å²) in [6.07, 6.45) is 1.75. The van der Waals surface area contributed by atoms with E-state index in [1.807, 2.05) is 12.1 Å². The van der Waals surface area contributed by atoms with Crippen molar-refractivity contribution in [3.05, 3.63) is 29.3 Å². The Kier molecular flexibility index (Phi) is 7.01. The Labute approximate surface area is 177 Å². The van der Waals surface area contributed by atoms with Gasteiger partial charge in [0.25, 0.3) is 5.91 Å². The lowest BCUT2D eigenvalue weighted by Gasteiger charge is -2.30. The summed E-state index contributed by atoms with van der Waals surface area (Å²) in [5, 5.41) is 2.36. The normalized spacial score (nSPS) is 19.5. The molecule has 29 heavy (non-hydrogen) atoms. The highest BCUT2D eigenvalue weighted by Crippen LogP contribution is 2.34. The lowest BCUT2D eigenvalue weighted by Crippen LogP contribution is -2.52. The van der Waals surface area contributed by atoms with Crippen molar-refractivity contribution in [2.24, 2.45) is 0 Å². The molecule has 0 bridgehead atoms. The minimum absolute atomic E-state index is 0.109. The molecule has 0 radical (unpaired) electrons. The molecule has 2 aliphatic rings. The van der Waals surface area contributed by atoms with Gasteiger partial charge in [-0.15, -0.1) is 11.8 Å². The molecule has 0 aromatic heterocycles. The predicted molar refractivity (Wildman–Crippen MR) is 115 cm³/mol. The average Bonchev–Trinajstić information content (AvgIpc) is 2.98. The second kappa shape index (κ2) is 9.30. The van der Waals surface area contributed by atoms with Gasteiger partial charge in [-0.05, 0) is 70.5 Å². The number of nitrogens with one attached hydrogen (secondary N) is 1. The van der Waals surface area contributed by atoms with Gasteiger partial charge in [0.2, 0.25) is 11.8 Å². The number of hydrogen-bond donors (Lipinski definition) is 1. The van der Waals surface area contributed by atoms with Crippen LogP contribution in [0.25, 0.3) is 0 Å². The Morgan fingerprint density at radius 1 is 1.17 bits per heavy atom. The standard InChI is InChI=1S/C22H31N3O3S/c1-14(2)24(15(3)4)11-6-12-29-19-8-5-7-16-17(19)13-25(22(16)28)18-9-10-20(26)23-21(18)27/h5,7-8,14-15,18H,6,9-13H2,1-4H3,(H,23,26,27). The number of benzene rings is 1. The number of carbonyl (C=O) groups excluding carboxylic acids is 3. The third kappa shape index (κ3) is 4.83. The molecule has 1 unspecified atom stereocenters. The molecule has 3 rings (SSSR count). The summed E-state index contributed by atoms with van der Waals surface area (Å²) in [5.74, 6) is 0.254. The molecule has 1 N–H and O–H groups in total. The van der Waals surface area contributed by atoms with Crippen molar-refractivity contribution in [3.63, 3.8) is 0 Å². The minimum atomic E-state index is -0.559. The first-order valence-electron chi connectivity index (χ1n) is 10.4. The molecular weight excluding hydrogens is 386 g/mol. The second-order valence-corrected chi connectivity index (χ2v) is 9.45. The zero-order valence-corrected chi connectivity index (χ0v) is 18.6. The first-order chi connectivity index (χ1) is 13.8. The van der Waals surface area contributed by atoms with Gasteiger partial charge < -0.3 is 4.90 Å². The largest absolute Gasteiger partial charge is 0.322 e. The van der Waals surface area contributed by atoms with Gasteiger partial charge in [0.15, 0.2) is 0 Å². The van der Waals surface area contributed by atoms with E-state index in [4.69, 9.17) is 0 Å². The van der Waals surface area contributed by atoms with Crippen molar-refractivity contribution in [3.8, 4) is 0 Å². The van der Waals surface area contributed by atoms with Gasteiger partial charge >= 0.3 is 0 Å². The molecule has 3 amide bonds. The van der Waals surface area contributed by atoms with Crippen LogP contribution < -0.4 is 5.32 Å². The van der Waals surface area contributed by atoms with Crippen LogP contribution in [0.3, 0.4) is 0 Å². The van der Waals surface area contributed by atoms with E-state index in [1.54, 1.807) is 16.7 Å². The van der Waals surface area contributed by atoms with Gasteiger partial charge in [0, 0.05) is 35.5 Å². The molecule has 0 spiro atoms. The van der Waals surface area contributed by atoms with Crippen molar-refractivity contribution in [2.45, 2.75) is 76.5 Å². The molecule has 1 atom stereocenters. The number of imide groups is 1. The van der Waals surface area contributed by atoms with Crippen LogP contribution >= 0.6 is 11.8 Å². The number of thioether (sulfide) groups is 1. The maximum atomic E-state index is 12.9. The number of fused-ring (bicyclic) bond motifs is 1. The van der Waals surface area contributed by atoms with Crippen LogP contribution in [0.1, 0.15) is 62.9 Å². The molecule has 158 valence electrons. The second-order valence-electron chi connectivity index (χ2n) is 8.31. The predicted octanol–water partition coefficient (Wildman–Crippen LogP) is 3.05. The van der Waals surface area contributed by atoms with Crippen LogP contribution in [0.15, 0.2) is 23.1 Å². The lowest BCUT2D eigenvalue weighted by molar-refractivity contribution is -0.136. The van der Waals surface area contributed by atoms with Crippen molar-refractivity contribution in [1.82, 2.24) is 15.1 Å². The third-order valence-corrected chi connectivity index (χ3v) is 6.87. The Morgan fingerprint density at radius 3 is 2.55 bits per heavy atom. The number of amides is 3. The first-order valence-corrected chi connectivity index (χ1v) is 11.4. The molecular formula is C22H31N3O3S. The van der Waals surface area contributed by atoms with Gasteiger partial charge in [0.1, 0.15) is 6.04 Å². The van der Waals surface area contributed by atoms with Gasteiger partial charge in [-0.1, -0.05) is 6.07 Å². The molecule has 6 nitrogen and oxygen atoms in total. The highest BCUT2D eigenvalue weighted by molar-refractivity contribution is 7.99. The fraction of sp³-hybridized carbons (Fsp3) is 0.591. The maximum Gasteiger partial charge on any atom is 0.255 e. The average molecular weight is 418 g/mol. The monoisotopic (exact) mass is 417 g/mol. The van der Waals surface area contributed by atoms with E-state index in [-0.39, 0.29) is 24.1 Å². The number of rotatable bonds is 8. The van der Waals surface area contributed by atoms with Crippen LogP contribution in [0, 0.1) is 0 Å². The van der Waals surface area contributed by atoms with E-state index >= 15 is 0 Å². The van der Waals surface area contributed by atoms with Gasteiger partial charge in [0.05, 0.1) is 0 Å². The number of piperidine rings is 1. The summed E-state index contributed by atoms with van der Waals surface area (Å²) < 4.78 is 0. The zero-order valence-electron chi connectivity index (χ0n) is 17.7. The Hall–Kier alpha value is -1.86. The van der Waals surface area contributed by atoms with Crippen LogP contribution in [0.4, 0.5) is 0 Å².